The number of carbonyl (C=O) groups is 3. The highest BCUT2D eigenvalue weighted by Crippen LogP contribution is 2.30. The van der Waals surface area contributed by atoms with Gasteiger partial charge in [0.25, 0.3) is 0 Å². The van der Waals surface area contributed by atoms with Crippen LogP contribution in [-0.4, -0.2) is 76.0 Å². The molecule has 1 fully saturated rings. The Labute approximate surface area is 285 Å². The third-order valence-electron chi connectivity index (χ3n) is 7.48. The van der Waals surface area contributed by atoms with Crippen molar-refractivity contribution in [1.29, 1.82) is 0 Å². The van der Waals surface area contributed by atoms with E-state index in [4.69, 9.17) is 11.6 Å². The molecule has 2 amide bonds. The molecule has 6 rings (SSSR count). The summed E-state index contributed by atoms with van der Waals surface area (Å²) >= 11 is 6.38. The van der Waals surface area contributed by atoms with Crippen LogP contribution in [0.3, 0.4) is 0 Å². The van der Waals surface area contributed by atoms with Crippen LogP contribution in [0, 0.1) is 0 Å². The molecule has 6 bridgehead atoms. The molecule has 4 heterocycles. The van der Waals surface area contributed by atoms with Gasteiger partial charge in [-0.1, -0.05) is 29.8 Å². The average molecular weight is 721 g/mol. The third-order valence-corrected chi connectivity index (χ3v) is 7.76. The molecule has 0 atom stereocenters. The van der Waals surface area contributed by atoms with Crippen LogP contribution in [0.25, 0.3) is 0 Å². The summed E-state index contributed by atoms with van der Waals surface area (Å²) in [6.07, 6.45) is -6.61. The van der Waals surface area contributed by atoms with Gasteiger partial charge >= 0.3 is 30.0 Å². The highest BCUT2D eigenvalue weighted by Gasteiger charge is 2.54. The van der Waals surface area contributed by atoms with Crippen molar-refractivity contribution in [3.63, 3.8) is 0 Å². The Morgan fingerprint density at radius 1 is 0.780 bits per heavy atom. The number of carbonyl (C=O) groups excluding carboxylic acids is 3. The summed E-state index contributed by atoms with van der Waals surface area (Å²) in [5.41, 5.74) is 4.73. The number of pyridine rings is 1. The third kappa shape index (κ3) is 9.16. The summed E-state index contributed by atoms with van der Waals surface area (Å²) in [5.74, 6) is -4.91. The SMILES string of the molecule is O=C(C(=O)C(F)(F)F)C(F)(F)F.O=C(Nc1ccc2cc1CCc1cccc(c1)Nc1ncc(Cl)c(n1)N2)N1CCN(c2ccccn2)CC1. The Morgan fingerprint density at radius 2 is 1.48 bits per heavy atom. The molecule has 0 spiro atoms. The first kappa shape index (κ1) is 35.8. The van der Waals surface area contributed by atoms with Crippen molar-refractivity contribution in [3.05, 3.63) is 89.2 Å². The largest absolute Gasteiger partial charge is 0.458 e. The van der Waals surface area contributed by atoms with Crippen LogP contribution >= 0.6 is 11.6 Å². The van der Waals surface area contributed by atoms with Crippen molar-refractivity contribution in [2.75, 3.05) is 47.0 Å². The van der Waals surface area contributed by atoms with Gasteiger partial charge in [0.2, 0.25) is 5.95 Å². The smallest absolute Gasteiger partial charge is 0.353 e. The second-order valence-corrected chi connectivity index (χ2v) is 11.4. The quantitative estimate of drug-likeness (QED) is 0.156. The molecule has 11 nitrogen and oxygen atoms in total. The van der Waals surface area contributed by atoms with Crippen molar-refractivity contribution in [2.45, 2.75) is 25.2 Å². The minimum atomic E-state index is -5.77. The van der Waals surface area contributed by atoms with E-state index in [-0.39, 0.29) is 6.03 Å². The lowest BCUT2D eigenvalue weighted by Gasteiger charge is -2.35. The number of halogens is 7. The van der Waals surface area contributed by atoms with Crippen molar-refractivity contribution in [2.24, 2.45) is 0 Å². The fraction of sp³-hybridized carbons (Fsp3) is 0.250. The number of rotatable bonds is 3. The molecule has 2 aliphatic rings. The first-order valence-corrected chi connectivity index (χ1v) is 15.3. The molecular weight excluding hydrogens is 694 g/mol. The normalized spacial score (nSPS) is 14.3. The lowest BCUT2D eigenvalue weighted by Crippen LogP contribution is -2.50. The first-order chi connectivity index (χ1) is 23.7. The molecule has 50 heavy (non-hydrogen) atoms. The summed E-state index contributed by atoms with van der Waals surface area (Å²) in [6.45, 7) is 2.75. The van der Waals surface area contributed by atoms with Crippen LogP contribution in [0.15, 0.2) is 73.1 Å². The van der Waals surface area contributed by atoms with Gasteiger partial charge in [-0.3, -0.25) is 9.59 Å². The van der Waals surface area contributed by atoms with Crippen LogP contribution in [0.4, 0.5) is 65.8 Å². The van der Waals surface area contributed by atoms with E-state index in [1.54, 1.807) is 12.4 Å². The number of urea groups is 1. The number of hydrogen-bond acceptors (Lipinski definition) is 9. The number of piperazine rings is 1. The van der Waals surface area contributed by atoms with Gasteiger partial charge in [0.15, 0.2) is 5.82 Å². The van der Waals surface area contributed by atoms with Crippen LogP contribution in [-0.2, 0) is 22.4 Å². The monoisotopic (exact) mass is 720 g/mol. The highest BCUT2D eigenvalue weighted by molar-refractivity contribution is 6.41. The van der Waals surface area contributed by atoms with Crippen LogP contribution < -0.4 is 20.9 Å². The van der Waals surface area contributed by atoms with E-state index in [9.17, 15) is 40.7 Å². The van der Waals surface area contributed by atoms with Gasteiger partial charge in [0.05, 0.1) is 6.20 Å². The Hall–Kier alpha value is -5.45. The van der Waals surface area contributed by atoms with Crippen molar-refractivity contribution in [3.8, 4) is 0 Å². The van der Waals surface area contributed by atoms with Gasteiger partial charge in [-0.25, -0.2) is 14.8 Å². The van der Waals surface area contributed by atoms with Crippen LogP contribution in [0.1, 0.15) is 11.1 Å². The number of fused-ring (bicyclic) bond motifs is 6. The molecule has 1 saturated heterocycles. The number of nitrogens with one attached hydrogen (secondary N) is 3. The summed E-state index contributed by atoms with van der Waals surface area (Å²) in [5, 5.41) is 10.1. The fourth-order valence-electron chi connectivity index (χ4n) is 5.00. The summed E-state index contributed by atoms with van der Waals surface area (Å²) in [6, 6.07) is 19.9. The molecule has 2 aliphatic heterocycles. The minimum Gasteiger partial charge on any atom is -0.353 e. The Kier molecular flexibility index (Phi) is 10.7. The lowest BCUT2D eigenvalue weighted by atomic mass is 10.0. The number of nitrogens with zero attached hydrogens (tertiary/aromatic N) is 5. The number of aryl methyl sites for hydroxylation is 2. The van der Waals surface area contributed by atoms with E-state index in [1.807, 2.05) is 53.4 Å². The zero-order valence-electron chi connectivity index (χ0n) is 25.8. The number of aromatic nitrogens is 3. The van der Waals surface area contributed by atoms with Crippen molar-refractivity contribution in [1.82, 2.24) is 19.9 Å². The molecule has 0 aliphatic carbocycles. The van der Waals surface area contributed by atoms with Gasteiger partial charge in [0, 0.05) is 49.4 Å². The van der Waals surface area contributed by atoms with Gasteiger partial charge in [0.1, 0.15) is 10.8 Å². The maximum atomic E-state index is 13.2. The zero-order valence-corrected chi connectivity index (χ0v) is 26.5. The van der Waals surface area contributed by atoms with Gasteiger partial charge in [-0.15, -0.1) is 0 Å². The highest BCUT2D eigenvalue weighted by atomic mass is 35.5. The standard InChI is InChI=1S/C28H27ClN8O.C4F6O2/c29-23-18-31-27-33-21-5-3-4-19(16-21)7-8-20-17-22(32-26(23)35-27)9-10-24(20)34-28(38)37-14-12-36(13-15-37)25-6-1-2-11-30-25;5-3(6,7)1(11)2(12)4(8,9)10/h1-6,9-11,16-18H,7-8,12-15H2,(H,34,38)(H2,31,32,33,35);. The average Bonchev–Trinajstić information content (AvgIpc) is 3.09. The zero-order chi connectivity index (χ0) is 36.1. The number of ketones is 2. The maximum Gasteiger partial charge on any atom is 0.458 e. The van der Waals surface area contributed by atoms with Gasteiger partial charge in [-0.2, -0.15) is 31.3 Å². The van der Waals surface area contributed by atoms with Crippen LogP contribution in [0.2, 0.25) is 5.02 Å². The lowest BCUT2D eigenvalue weighted by molar-refractivity contribution is -0.193. The van der Waals surface area contributed by atoms with E-state index in [0.29, 0.717) is 29.9 Å². The van der Waals surface area contributed by atoms with E-state index in [2.05, 4.69) is 47.9 Å². The number of anilines is 6. The molecule has 3 N–H and O–H groups in total. The molecule has 2 aromatic heterocycles. The Balaban J connectivity index is 0.000000349. The number of benzene rings is 2. The number of hydrogen-bond donors (Lipinski definition) is 3. The molecule has 4 aromatic rings. The Morgan fingerprint density at radius 3 is 2.14 bits per heavy atom. The molecule has 0 saturated carbocycles. The molecule has 18 heteroatoms. The number of amides is 2. The van der Waals surface area contributed by atoms with E-state index in [1.165, 1.54) is 5.56 Å². The predicted molar refractivity (Wildman–Crippen MR) is 173 cm³/mol. The number of Topliss-reactive ketones (excluding diaryl/α,β-unsaturated/α-hetero) is 2. The topological polar surface area (TPSA) is 132 Å². The van der Waals surface area contributed by atoms with E-state index < -0.39 is 23.9 Å². The molecule has 0 unspecified atom stereocenters. The van der Waals surface area contributed by atoms with E-state index in [0.717, 1.165) is 54.4 Å². The van der Waals surface area contributed by atoms with Crippen molar-refractivity contribution >= 4 is 63.8 Å². The summed E-state index contributed by atoms with van der Waals surface area (Å²) in [7, 11) is 0. The van der Waals surface area contributed by atoms with Crippen LogP contribution in [0.5, 0.6) is 0 Å². The predicted octanol–water partition coefficient (Wildman–Crippen LogP) is 6.71. The second-order valence-electron chi connectivity index (χ2n) is 11.0. The molecule has 0 radical (unpaired) electrons. The van der Waals surface area contributed by atoms with E-state index >= 15 is 0 Å². The fourth-order valence-corrected chi connectivity index (χ4v) is 5.13. The van der Waals surface area contributed by atoms with Gasteiger partial charge in [-0.05, 0) is 66.4 Å². The first-order valence-electron chi connectivity index (χ1n) is 14.9. The maximum absolute atomic E-state index is 13.2. The second kappa shape index (κ2) is 15.0. The Bertz CT molecular complexity index is 1850. The molecular formula is C32H27ClF6N8O3. The molecule has 2 aromatic carbocycles. The van der Waals surface area contributed by atoms with Gasteiger partial charge < -0.3 is 25.8 Å². The summed E-state index contributed by atoms with van der Waals surface area (Å²) < 4.78 is 67.0. The number of alkyl halides is 6. The summed E-state index contributed by atoms with van der Waals surface area (Å²) in [4.78, 5) is 49.8. The molecule has 262 valence electrons. The minimum absolute atomic E-state index is 0.0970. The van der Waals surface area contributed by atoms with Crippen molar-refractivity contribution < 1.29 is 40.7 Å².